The molecule has 4 nitrogen and oxygen atoms in total. The number of Topliss-reactive ketones (excluding diaryl/α,β-unsaturated/α-hetero) is 2. The molecule has 0 radical (unpaired) electrons. The molecule has 2 rings (SSSR count). The van der Waals surface area contributed by atoms with Crippen LogP contribution in [0, 0.1) is 11.3 Å². The fourth-order valence-corrected chi connectivity index (χ4v) is 3.96. The van der Waals surface area contributed by atoms with E-state index in [1.165, 1.54) is 0 Å². The lowest BCUT2D eigenvalue weighted by Gasteiger charge is -2.35. The average molecular weight is 294 g/mol. The van der Waals surface area contributed by atoms with Gasteiger partial charge in [-0.05, 0) is 58.4 Å². The van der Waals surface area contributed by atoms with Crippen molar-refractivity contribution in [1.82, 2.24) is 9.80 Å². The molecule has 2 aliphatic rings. The predicted octanol–water partition coefficient (Wildman–Crippen LogP) is 1.98. The smallest absolute Gasteiger partial charge is 0.143 e. The molecule has 0 N–H and O–H groups in total. The van der Waals surface area contributed by atoms with Crippen molar-refractivity contribution >= 4 is 11.6 Å². The van der Waals surface area contributed by atoms with E-state index in [1.807, 2.05) is 6.92 Å². The van der Waals surface area contributed by atoms with Gasteiger partial charge in [-0.2, -0.15) is 0 Å². The van der Waals surface area contributed by atoms with E-state index in [-0.39, 0.29) is 22.9 Å². The second-order valence-electron chi connectivity index (χ2n) is 7.31. The third-order valence-corrected chi connectivity index (χ3v) is 5.05. The lowest BCUT2D eigenvalue weighted by molar-refractivity contribution is -0.140. The second-order valence-corrected chi connectivity index (χ2v) is 7.31. The highest BCUT2D eigenvalue weighted by molar-refractivity contribution is 6.05. The fourth-order valence-electron chi connectivity index (χ4n) is 3.96. The Labute approximate surface area is 128 Å². The van der Waals surface area contributed by atoms with Gasteiger partial charge in [0.15, 0.2) is 0 Å². The first-order valence-electron chi connectivity index (χ1n) is 8.38. The minimum Gasteiger partial charge on any atom is -0.309 e. The van der Waals surface area contributed by atoms with Crippen molar-refractivity contribution in [2.45, 2.75) is 45.4 Å². The van der Waals surface area contributed by atoms with Crippen LogP contribution in [-0.4, -0.2) is 61.6 Å². The lowest BCUT2D eigenvalue weighted by Crippen LogP contribution is -2.42. The van der Waals surface area contributed by atoms with E-state index in [0.717, 1.165) is 51.9 Å². The number of nitrogens with zero attached hydrogens (tertiary/aromatic N) is 2. The van der Waals surface area contributed by atoms with Crippen molar-refractivity contribution in [3.8, 4) is 0 Å². The minimum atomic E-state index is -0.289. The highest BCUT2D eigenvalue weighted by atomic mass is 16.2. The van der Waals surface area contributed by atoms with Crippen molar-refractivity contribution in [1.29, 1.82) is 0 Å². The number of carbonyl (C=O) groups is 2. The van der Waals surface area contributed by atoms with Crippen molar-refractivity contribution in [2.24, 2.45) is 11.3 Å². The summed E-state index contributed by atoms with van der Waals surface area (Å²) in [4.78, 5) is 29.3. The molecule has 1 aliphatic carbocycles. The van der Waals surface area contributed by atoms with Gasteiger partial charge in [0.05, 0.1) is 5.92 Å². The molecule has 4 heteroatoms. The molecule has 0 aromatic carbocycles. The van der Waals surface area contributed by atoms with Crippen LogP contribution in [0.2, 0.25) is 0 Å². The highest BCUT2D eigenvalue weighted by Gasteiger charge is 2.47. The molecule has 0 amide bonds. The SMILES string of the molecule is CCCC1C(=O)CC2(CCN(CCCN(C)C)C2)CC1=O. The number of rotatable bonds is 6. The third kappa shape index (κ3) is 4.13. The Morgan fingerprint density at radius 3 is 2.48 bits per heavy atom. The number of ketones is 2. The van der Waals surface area contributed by atoms with Gasteiger partial charge in [-0.15, -0.1) is 0 Å². The topological polar surface area (TPSA) is 40.6 Å². The van der Waals surface area contributed by atoms with Crippen LogP contribution < -0.4 is 0 Å². The molecule has 1 heterocycles. The van der Waals surface area contributed by atoms with Crippen LogP contribution >= 0.6 is 0 Å². The Balaban J connectivity index is 1.87. The molecule has 1 saturated carbocycles. The van der Waals surface area contributed by atoms with Crippen LogP contribution in [0.4, 0.5) is 0 Å². The number of hydrogen-bond donors (Lipinski definition) is 0. The van der Waals surface area contributed by atoms with E-state index in [1.54, 1.807) is 0 Å². The van der Waals surface area contributed by atoms with Gasteiger partial charge in [-0.1, -0.05) is 13.3 Å². The minimum absolute atomic E-state index is 0.0312. The van der Waals surface area contributed by atoms with Crippen LogP contribution in [0.3, 0.4) is 0 Å². The molecular formula is C17H30N2O2. The van der Waals surface area contributed by atoms with Crippen LogP contribution in [0.15, 0.2) is 0 Å². The summed E-state index contributed by atoms with van der Waals surface area (Å²) < 4.78 is 0. The monoisotopic (exact) mass is 294 g/mol. The number of hydrogen-bond acceptors (Lipinski definition) is 4. The predicted molar refractivity (Wildman–Crippen MR) is 84.3 cm³/mol. The number of likely N-dealkylation sites (tertiary alicyclic amines) is 1. The Kier molecular flexibility index (Phi) is 5.55. The molecule has 0 aromatic heterocycles. The van der Waals surface area contributed by atoms with Crippen molar-refractivity contribution in [3.05, 3.63) is 0 Å². The van der Waals surface area contributed by atoms with E-state index >= 15 is 0 Å². The second kappa shape index (κ2) is 7.01. The average Bonchev–Trinajstić information content (AvgIpc) is 2.76. The maximum atomic E-state index is 12.3. The van der Waals surface area contributed by atoms with Gasteiger partial charge in [0, 0.05) is 19.4 Å². The zero-order valence-corrected chi connectivity index (χ0v) is 13.9. The molecular weight excluding hydrogens is 264 g/mol. The van der Waals surface area contributed by atoms with Gasteiger partial charge in [0.1, 0.15) is 11.6 Å². The van der Waals surface area contributed by atoms with Crippen molar-refractivity contribution < 1.29 is 9.59 Å². The summed E-state index contributed by atoms with van der Waals surface area (Å²) in [6.07, 6.45) is 5.11. The molecule has 0 atom stereocenters. The molecule has 0 aromatic rings. The van der Waals surface area contributed by atoms with Gasteiger partial charge in [0.2, 0.25) is 0 Å². The van der Waals surface area contributed by atoms with Crippen LogP contribution in [0.25, 0.3) is 0 Å². The summed E-state index contributed by atoms with van der Waals surface area (Å²) >= 11 is 0. The maximum absolute atomic E-state index is 12.3. The summed E-state index contributed by atoms with van der Waals surface area (Å²) in [7, 11) is 4.19. The Hall–Kier alpha value is -0.740. The first kappa shape index (κ1) is 16.6. The zero-order chi connectivity index (χ0) is 15.5. The van der Waals surface area contributed by atoms with Crippen LogP contribution in [-0.2, 0) is 9.59 Å². The molecule has 1 aliphatic heterocycles. The Morgan fingerprint density at radius 1 is 1.24 bits per heavy atom. The first-order valence-corrected chi connectivity index (χ1v) is 8.38. The molecule has 2 fully saturated rings. The fraction of sp³-hybridized carbons (Fsp3) is 0.882. The van der Waals surface area contributed by atoms with Crippen molar-refractivity contribution in [2.75, 3.05) is 40.3 Å². The normalized spacial score (nSPS) is 30.8. The summed E-state index contributed by atoms with van der Waals surface area (Å²) in [5.41, 5.74) is -0.0312. The molecule has 21 heavy (non-hydrogen) atoms. The summed E-state index contributed by atoms with van der Waals surface area (Å²) in [6, 6.07) is 0. The Bertz CT molecular complexity index is 374. The molecule has 1 saturated heterocycles. The van der Waals surface area contributed by atoms with Gasteiger partial charge in [0.25, 0.3) is 0 Å². The standard InChI is InChI=1S/C17H30N2O2/c1-4-6-14-15(20)11-17(12-16(14)21)7-10-19(13-17)9-5-8-18(2)3/h14H,4-13H2,1-3H3. The van der Waals surface area contributed by atoms with E-state index in [9.17, 15) is 9.59 Å². The van der Waals surface area contributed by atoms with E-state index in [2.05, 4.69) is 23.9 Å². The van der Waals surface area contributed by atoms with Crippen molar-refractivity contribution in [3.63, 3.8) is 0 Å². The van der Waals surface area contributed by atoms with Gasteiger partial charge in [-0.25, -0.2) is 0 Å². The summed E-state index contributed by atoms with van der Waals surface area (Å²) in [6.45, 7) is 6.22. The molecule has 120 valence electrons. The van der Waals surface area contributed by atoms with Gasteiger partial charge in [-0.3, -0.25) is 9.59 Å². The molecule has 0 unspecified atom stereocenters. The highest BCUT2D eigenvalue weighted by Crippen LogP contribution is 2.43. The molecule has 0 bridgehead atoms. The van der Waals surface area contributed by atoms with E-state index in [0.29, 0.717) is 12.8 Å². The quantitative estimate of drug-likeness (QED) is 0.702. The van der Waals surface area contributed by atoms with Crippen LogP contribution in [0.1, 0.15) is 45.4 Å². The van der Waals surface area contributed by atoms with Gasteiger partial charge >= 0.3 is 0 Å². The first-order chi connectivity index (χ1) is 9.96. The lowest BCUT2D eigenvalue weighted by atomic mass is 9.68. The van der Waals surface area contributed by atoms with Crippen LogP contribution in [0.5, 0.6) is 0 Å². The largest absolute Gasteiger partial charge is 0.309 e. The maximum Gasteiger partial charge on any atom is 0.143 e. The van der Waals surface area contributed by atoms with Gasteiger partial charge < -0.3 is 9.80 Å². The molecule has 1 spiro atoms. The van der Waals surface area contributed by atoms with E-state index in [4.69, 9.17) is 0 Å². The Morgan fingerprint density at radius 2 is 1.90 bits per heavy atom. The van der Waals surface area contributed by atoms with E-state index < -0.39 is 0 Å². The number of carbonyl (C=O) groups excluding carboxylic acids is 2. The third-order valence-electron chi connectivity index (χ3n) is 5.05. The zero-order valence-electron chi connectivity index (χ0n) is 13.9. The summed E-state index contributed by atoms with van der Waals surface area (Å²) in [5.74, 6) is 0.134. The summed E-state index contributed by atoms with van der Waals surface area (Å²) in [5, 5.41) is 0.